The van der Waals surface area contributed by atoms with E-state index in [2.05, 4.69) is 23.4 Å². The van der Waals surface area contributed by atoms with Gasteiger partial charge >= 0.3 is 0 Å². The van der Waals surface area contributed by atoms with E-state index in [1.807, 2.05) is 19.2 Å². The van der Waals surface area contributed by atoms with E-state index in [4.69, 9.17) is 5.73 Å². The van der Waals surface area contributed by atoms with Gasteiger partial charge in [-0.3, -0.25) is 0 Å². The maximum atomic E-state index is 5.66. The van der Waals surface area contributed by atoms with E-state index in [1.165, 1.54) is 5.56 Å². The first-order valence-electron chi connectivity index (χ1n) is 4.07. The Morgan fingerprint density at radius 3 is 3.00 bits per heavy atom. The average Bonchev–Trinajstić information content (AvgIpc) is 2.28. The number of rotatable bonds is 0. The molecule has 0 bridgehead atoms. The largest absolute Gasteiger partial charge is 0.399 e. The van der Waals surface area contributed by atoms with Gasteiger partial charge < -0.3 is 11.2 Å². The lowest BCUT2D eigenvalue weighted by Crippen LogP contribution is -2.20. The molecule has 0 aromatic heterocycles. The molecule has 0 saturated carbocycles. The standard InChI is InChI=1S/C9H13N3/c1-6-8-4-3-7(10)5-9(8)11-12(6)2/h3-6,11H,10H2,1-2H3. The number of nitrogens with zero attached hydrogens (tertiary/aromatic N) is 1. The van der Waals surface area contributed by atoms with Crippen LogP contribution in [0.25, 0.3) is 0 Å². The number of hydrogen-bond donors (Lipinski definition) is 2. The number of fused-ring (bicyclic) bond motifs is 1. The van der Waals surface area contributed by atoms with Crippen LogP contribution in [-0.4, -0.2) is 12.1 Å². The van der Waals surface area contributed by atoms with Crippen molar-refractivity contribution in [3.63, 3.8) is 0 Å². The molecule has 0 aliphatic carbocycles. The summed E-state index contributed by atoms with van der Waals surface area (Å²) < 4.78 is 0. The van der Waals surface area contributed by atoms with Gasteiger partial charge in [0.2, 0.25) is 0 Å². The zero-order valence-electron chi connectivity index (χ0n) is 7.33. The second-order valence-corrected chi connectivity index (χ2v) is 3.25. The SMILES string of the molecule is CC1c2ccc(N)cc2NN1C. The fourth-order valence-corrected chi connectivity index (χ4v) is 1.53. The molecule has 1 aromatic rings. The Balaban J connectivity index is 2.47. The minimum atomic E-state index is 0.431. The maximum Gasteiger partial charge on any atom is 0.0559 e. The van der Waals surface area contributed by atoms with Gasteiger partial charge in [0, 0.05) is 12.7 Å². The molecule has 3 nitrogen and oxygen atoms in total. The van der Waals surface area contributed by atoms with Crippen molar-refractivity contribution in [1.29, 1.82) is 0 Å². The molecule has 1 atom stereocenters. The Kier molecular flexibility index (Phi) is 1.48. The lowest BCUT2D eigenvalue weighted by molar-refractivity contribution is 0.342. The molecule has 0 fully saturated rings. The first-order chi connectivity index (χ1) is 5.68. The summed E-state index contributed by atoms with van der Waals surface area (Å²) in [6.45, 7) is 2.16. The summed E-state index contributed by atoms with van der Waals surface area (Å²) in [7, 11) is 2.03. The van der Waals surface area contributed by atoms with Gasteiger partial charge in [0.05, 0.1) is 11.7 Å². The quantitative estimate of drug-likeness (QED) is 0.571. The Labute approximate surface area is 72.1 Å². The Morgan fingerprint density at radius 1 is 1.50 bits per heavy atom. The van der Waals surface area contributed by atoms with E-state index < -0.39 is 0 Å². The van der Waals surface area contributed by atoms with Crippen molar-refractivity contribution in [2.75, 3.05) is 18.2 Å². The summed E-state index contributed by atoms with van der Waals surface area (Å²) in [5, 5.41) is 2.07. The summed E-state index contributed by atoms with van der Waals surface area (Å²) in [5.74, 6) is 0. The topological polar surface area (TPSA) is 41.3 Å². The summed E-state index contributed by atoms with van der Waals surface area (Å²) >= 11 is 0. The second kappa shape index (κ2) is 2.38. The Morgan fingerprint density at radius 2 is 2.25 bits per heavy atom. The van der Waals surface area contributed by atoms with E-state index in [-0.39, 0.29) is 0 Å². The summed E-state index contributed by atoms with van der Waals surface area (Å²) in [6.07, 6.45) is 0. The minimum absolute atomic E-state index is 0.431. The molecular weight excluding hydrogens is 150 g/mol. The lowest BCUT2D eigenvalue weighted by atomic mass is 10.1. The molecule has 1 aromatic carbocycles. The van der Waals surface area contributed by atoms with Crippen molar-refractivity contribution in [3.05, 3.63) is 23.8 Å². The molecule has 1 heterocycles. The molecule has 0 amide bonds. The fourth-order valence-electron chi connectivity index (χ4n) is 1.53. The number of hydrazine groups is 1. The van der Waals surface area contributed by atoms with Crippen LogP contribution in [0.4, 0.5) is 11.4 Å². The van der Waals surface area contributed by atoms with Crippen LogP contribution in [0, 0.1) is 0 Å². The second-order valence-electron chi connectivity index (χ2n) is 3.25. The van der Waals surface area contributed by atoms with Gasteiger partial charge in [0.25, 0.3) is 0 Å². The van der Waals surface area contributed by atoms with Crippen molar-refractivity contribution < 1.29 is 0 Å². The molecule has 1 aliphatic rings. The van der Waals surface area contributed by atoms with Gasteiger partial charge in [0.1, 0.15) is 0 Å². The van der Waals surface area contributed by atoms with E-state index >= 15 is 0 Å². The van der Waals surface area contributed by atoms with Crippen molar-refractivity contribution in [2.24, 2.45) is 0 Å². The van der Waals surface area contributed by atoms with Crippen LogP contribution < -0.4 is 11.2 Å². The number of hydrogen-bond acceptors (Lipinski definition) is 3. The predicted molar refractivity (Wildman–Crippen MR) is 50.7 cm³/mol. The normalized spacial score (nSPS) is 22.0. The van der Waals surface area contributed by atoms with Crippen LogP contribution in [0.2, 0.25) is 0 Å². The number of nitrogen functional groups attached to an aromatic ring is 1. The monoisotopic (exact) mass is 163 g/mol. The van der Waals surface area contributed by atoms with Crippen molar-refractivity contribution in [1.82, 2.24) is 5.01 Å². The highest BCUT2D eigenvalue weighted by molar-refractivity contribution is 5.62. The number of nitrogens with two attached hydrogens (primary N) is 1. The molecule has 0 spiro atoms. The third kappa shape index (κ3) is 0.940. The maximum absolute atomic E-state index is 5.66. The Bertz CT molecular complexity index is 309. The molecule has 1 aliphatic heterocycles. The first-order valence-corrected chi connectivity index (χ1v) is 4.07. The first kappa shape index (κ1) is 7.43. The van der Waals surface area contributed by atoms with E-state index in [9.17, 15) is 0 Å². The summed E-state index contributed by atoms with van der Waals surface area (Å²) in [5.41, 5.74) is 12.2. The fraction of sp³-hybridized carbons (Fsp3) is 0.333. The molecule has 1 unspecified atom stereocenters. The van der Waals surface area contributed by atoms with Crippen LogP contribution in [0.3, 0.4) is 0 Å². The van der Waals surface area contributed by atoms with Gasteiger partial charge in [-0.05, 0) is 24.6 Å². The van der Waals surface area contributed by atoms with E-state index in [0.717, 1.165) is 11.4 Å². The van der Waals surface area contributed by atoms with Crippen molar-refractivity contribution >= 4 is 11.4 Å². The molecular formula is C9H13N3. The minimum Gasteiger partial charge on any atom is -0.399 e. The van der Waals surface area contributed by atoms with Gasteiger partial charge in [-0.25, -0.2) is 5.01 Å². The van der Waals surface area contributed by atoms with Gasteiger partial charge in [-0.2, -0.15) is 0 Å². The summed E-state index contributed by atoms with van der Waals surface area (Å²) in [4.78, 5) is 0. The summed E-state index contributed by atoms with van der Waals surface area (Å²) in [6, 6.07) is 6.41. The molecule has 0 saturated heterocycles. The lowest BCUT2D eigenvalue weighted by Gasteiger charge is -2.14. The predicted octanol–water partition coefficient (Wildman–Crippen LogP) is 1.60. The Hall–Kier alpha value is -1.22. The van der Waals surface area contributed by atoms with Crippen LogP contribution in [0.5, 0.6) is 0 Å². The van der Waals surface area contributed by atoms with Crippen molar-refractivity contribution in [3.8, 4) is 0 Å². The molecule has 3 N–H and O–H groups in total. The highest BCUT2D eigenvalue weighted by Gasteiger charge is 2.22. The van der Waals surface area contributed by atoms with Crippen LogP contribution in [-0.2, 0) is 0 Å². The third-order valence-electron chi connectivity index (χ3n) is 2.41. The van der Waals surface area contributed by atoms with Crippen molar-refractivity contribution in [2.45, 2.75) is 13.0 Å². The number of benzene rings is 1. The molecule has 0 radical (unpaired) electrons. The molecule has 64 valence electrons. The van der Waals surface area contributed by atoms with Gasteiger partial charge in [0.15, 0.2) is 0 Å². The zero-order chi connectivity index (χ0) is 8.72. The molecule has 12 heavy (non-hydrogen) atoms. The smallest absolute Gasteiger partial charge is 0.0559 e. The van der Waals surface area contributed by atoms with E-state index in [1.54, 1.807) is 0 Å². The van der Waals surface area contributed by atoms with Crippen LogP contribution in [0.15, 0.2) is 18.2 Å². The van der Waals surface area contributed by atoms with Gasteiger partial charge in [-0.15, -0.1) is 0 Å². The zero-order valence-corrected chi connectivity index (χ0v) is 7.33. The van der Waals surface area contributed by atoms with Crippen LogP contribution >= 0.6 is 0 Å². The number of anilines is 2. The van der Waals surface area contributed by atoms with E-state index in [0.29, 0.717) is 6.04 Å². The number of nitrogens with one attached hydrogen (secondary N) is 1. The molecule has 3 heteroatoms. The highest BCUT2D eigenvalue weighted by Crippen LogP contribution is 2.34. The highest BCUT2D eigenvalue weighted by atomic mass is 15.5. The third-order valence-corrected chi connectivity index (χ3v) is 2.41. The molecule has 2 rings (SSSR count). The van der Waals surface area contributed by atoms with Crippen LogP contribution in [0.1, 0.15) is 18.5 Å². The van der Waals surface area contributed by atoms with Gasteiger partial charge in [-0.1, -0.05) is 6.07 Å². The average molecular weight is 163 g/mol.